The molecule has 0 aliphatic carbocycles. The van der Waals surface area contributed by atoms with Crippen LogP contribution in [0.25, 0.3) is 0 Å². The Hall–Kier alpha value is -1.27. The molecule has 1 N–H and O–H groups in total. The lowest BCUT2D eigenvalue weighted by atomic mass is 10.1. The highest BCUT2D eigenvalue weighted by Gasteiger charge is 2.35. The van der Waals surface area contributed by atoms with E-state index in [-0.39, 0.29) is 24.2 Å². The van der Waals surface area contributed by atoms with E-state index >= 15 is 0 Å². The zero-order chi connectivity index (χ0) is 13.2. The highest BCUT2D eigenvalue weighted by molar-refractivity contribution is 7.92. The maximum atomic E-state index is 11.1. The Labute approximate surface area is 106 Å². The number of methoxy groups -OCH3 is 1. The van der Waals surface area contributed by atoms with Gasteiger partial charge < -0.3 is 14.6 Å². The quantitative estimate of drug-likeness (QED) is 0.840. The van der Waals surface area contributed by atoms with E-state index in [0.29, 0.717) is 17.9 Å². The van der Waals surface area contributed by atoms with Crippen LogP contribution in [0.4, 0.5) is 0 Å². The summed E-state index contributed by atoms with van der Waals surface area (Å²) in [6.07, 6.45) is 0.233. The van der Waals surface area contributed by atoms with Crippen LogP contribution in [0.15, 0.2) is 18.2 Å². The molecule has 1 aliphatic rings. The number of hydrogen-bond acceptors (Lipinski definition) is 5. The van der Waals surface area contributed by atoms with Crippen molar-refractivity contribution in [3.63, 3.8) is 0 Å². The molecule has 0 saturated carbocycles. The molecule has 0 bridgehead atoms. The van der Waals surface area contributed by atoms with Crippen molar-refractivity contribution in [1.82, 2.24) is 0 Å². The maximum Gasteiger partial charge on any atom is 0.161 e. The van der Waals surface area contributed by atoms with Crippen molar-refractivity contribution in [1.29, 1.82) is 0 Å². The minimum atomic E-state index is -2.90. The molecule has 1 fully saturated rings. The van der Waals surface area contributed by atoms with Crippen molar-refractivity contribution < 1.29 is 23.0 Å². The Kier molecular flexibility index (Phi) is 3.77. The second-order valence-electron chi connectivity index (χ2n) is 4.28. The van der Waals surface area contributed by atoms with Crippen LogP contribution in [0.2, 0.25) is 0 Å². The third kappa shape index (κ3) is 2.94. The van der Waals surface area contributed by atoms with Crippen LogP contribution < -0.4 is 9.47 Å². The summed E-state index contributed by atoms with van der Waals surface area (Å²) < 4.78 is 32.9. The number of sulfone groups is 1. The maximum absolute atomic E-state index is 11.1. The monoisotopic (exact) mass is 272 g/mol. The lowest BCUT2D eigenvalue weighted by molar-refractivity contribution is 0.219. The van der Waals surface area contributed by atoms with Gasteiger partial charge in [-0.1, -0.05) is 6.07 Å². The van der Waals surface area contributed by atoms with Gasteiger partial charge in [0.05, 0.1) is 18.6 Å². The fourth-order valence-electron chi connectivity index (χ4n) is 1.86. The summed E-state index contributed by atoms with van der Waals surface area (Å²) in [7, 11) is -1.36. The summed E-state index contributed by atoms with van der Waals surface area (Å²) in [6, 6.07) is 5.38. The first-order valence-corrected chi connectivity index (χ1v) is 7.51. The third-order valence-corrected chi connectivity index (χ3v) is 4.56. The summed E-state index contributed by atoms with van der Waals surface area (Å²) in [5, 5.41) is 8.89. The van der Waals surface area contributed by atoms with Crippen LogP contribution in [-0.2, 0) is 16.3 Å². The molecule has 1 aromatic rings. The number of rotatable bonds is 5. The normalized spacial score (nSPS) is 18.1. The molecule has 0 amide bonds. The average molecular weight is 272 g/mol. The first kappa shape index (κ1) is 13.2. The van der Waals surface area contributed by atoms with Gasteiger partial charge in [-0.05, 0) is 24.1 Å². The summed E-state index contributed by atoms with van der Waals surface area (Å²) in [5.41, 5.74) is 0.926. The van der Waals surface area contributed by atoms with Gasteiger partial charge in [0.1, 0.15) is 6.10 Å². The van der Waals surface area contributed by atoms with E-state index < -0.39 is 9.84 Å². The molecule has 100 valence electrons. The predicted molar refractivity (Wildman–Crippen MR) is 66.9 cm³/mol. The van der Waals surface area contributed by atoms with E-state index in [9.17, 15) is 8.42 Å². The van der Waals surface area contributed by atoms with Crippen LogP contribution in [0.3, 0.4) is 0 Å². The molecule has 0 aromatic heterocycles. The standard InChI is InChI=1S/C12H16O5S/c1-16-11-3-2-9(4-5-13)6-12(11)17-10-7-18(14,15)8-10/h2-3,6,10,13H,4-5,7-8H2,1H3. The summed E-state index contributed by atoms with van der Waals surface area (Å²) in [6.45, 7) is 0.0591. The third-order valence-electron chi connectivity index (χ3n) is 2.80. The van der Waals surface area contributed by atoms with Crippen molar-refractivity contribution in [3.8, 4) is 11.5 Å². The van der Waals surface area contributed by atoms with Gasteiger partial charge in [-0.3, -0.25) is 0 Å². The smallest absolute Gasteiger partial charge is 0.161 e. The van der Waals surface area contributed by atoms with Crippen molar-refractivity contribution in [2.45, 2.75) is 12.5 Å². The first-order chi connectivity index (χ1) is 8.54. The molecule has 1 saturated heterocycles. The first-order valence-electron chi connectivity index (χ1n) is 5.69. The van der Waals surface area contributed by atoms with E-state index in [1.165, 1.54) is 7.11 Å². The number of benzene rings is 1. The van der Waals surface area contributed by atoms with E-state index in [0.717, 1.165) is 5.56 Å². The topological polar surface area (TPSA) is 72.8 Å². The molecule has 0 spiro atoms. The van der Waals surface area contributed by atoms with Gasteiger partial charge in [0.15, 0.2) is 21.3 Å². The van der Waals surface area contributed by atoms with Gasteiger partial charge in [0, 0.05) is 6.61 Å². The Morgan fingerprint density at radius 2 is 2.06 bits per heavy atom. The minimum absolute atomic E-state index is 0.0559. The number of ether oxygens (including phenoxy) is 2. The lowest BCUT2D eigenvalue weighted by Gasteiger charge is -2.27. The molecule has 0 radical (unpaired) electrons. The van der Waals surface area contributed by atoms with Gasteiger partial charge in [0.2, 0.25) is 0 Å². The highest BCUT2D eigenvalue weighted by Crippen LogP contribution is 2.31. The van der Waals surface area contributed by atoms with E-state index in [1.54, 1.807) is 12.1 Å². The van der Waals surface area contributed by atoms with Gasteiger partial charge in [0.25, 0.3) is 0 Å². The second kappa shape index (κ2) is 5.16. The zero-order valence-electron chi connectivity index (χ0n) is 10.1. The van der Waals surface area contributed by atoms with Crippen LogP contribution >= 0.6 is 0 Å². The van der Waals surface area contributed by atoms with Gasteiger partial charge >= 0.3 is 0 Å². The summed E-state index contributed by atoms with van der Waals surface area (Å²) >= 11 is 0. The molecular weight excluding hydrogens is 256 g/mol. The van der Waals surface area contributed by atoms with Crippen LogP contribution in [0, 0.1) is 0 Å². The summed E-state index contributed by atoms with van der Waals surface area (Å²) in [4.78, 5) is 0. The van der Waals surface area contributed by atoms with Crippen molar-refractivity contribution >= 4 is 9.84 Å². The number of hydrogen-bond donors (Lipinski definition) is 1. The van der Waals surface area contributed by atoms with Crippen LogP contribution in [0.1, 0.15) is 5.56 Å². The molecule has 1 aliphatic heterocycles. The SMILES string of the molecule is COc1ccc(CCO)cc1OC1CS(=O)(=O)C1. The molecule has 18 heavy (non-hydrogen) atoms. The van der Waals surface area contributed by atoms with E-state index in [4.69, 9.17) is 14.6 Å². The Morgan fingerprint density at radius 1 is 1.33 bits per heavy atom. The number of aliphatic hydroxyl groups excluding tert-OH is 1. The van der Waals surface area contributed by atoms with Gasteiger partial charge in [-0.2, -0.15) is 0 Å². The van der Waals surface area contributed by atoms with Gasteiger partial charge in [-0.15, -0.1) is 0 Å². The molecule has 2 rings (SSSR count). The Morgan fingerprint density at radius 3 is 2.61 bits per heavy atom. The molecule has 6 heteroatoms. The lowest BCUT2D eigenvalue weighted by Crippen LogP contribution is -2.45. The van der Waals surface area contributed by atoms with Crippen molar-refractivity contribution in [2.24, 2.45) is 0 Å². The molecule has 0 atom stereocenters. The van der Waals surface area contributed by atoms with Crippen molar-refractivity contribution in [3.05, 3.63) is 23.8 Å². The summed E-state index contributed by atoms with van der Waals surface area (Å²) in [5.74, 6) is 1.21. The fourth-order valence-corrected chi connectivity index (χ4v) is 3.03. The molecule has 1 aromatic carbocycles. The van der Waals surface area contributed by atoms with Crippen LogP contribution in [0.5, 0.6) is 11.5 Å². The fraction of sp³-hybridized carbons (Fsp3) is 0.500. The largest absolute Gasteiger partial charge is 0.493 e. The zero-order valence-corrected chi connectivity index (χ0v) is 10.9. The Balaban J connectivity index is 2.12. The molecular formula is C12H16O5S. The highest BCUT2D eigenvalue weighted by atomic mass is 32.2. The van der Waals surface area contributed by atoms with E-state index in [1.807, 2.05) is 6.07 Å². The van der Waals surface area contributed by atoms with Crippen LogP contribution in [-0.4, -0.2) is 44.9 Å². The van der Waals surface area contributed by atoms with Crippen molar-refractivity contribution in [2.75, 3.05) is 25.2 Å². The van der Waals surface area contributed by atoms with Gasteiger partial charge in [-0.25, -0.2) is 8.42 Å². The molecule has 0 unspecified atom stereocenters. The minimum Gasteiger partial charge on any atom is -0.493 e. The van der Waals surface area contributed by atoms with E-state index in [2.05, 4.69) is 0 Å². The second-order valence-corrected chi connectivity index (χ2v) is 6.43. The predicted octanol–water partition coefficient (Wildman–Crippen LogP) is 0.406. The Bertz CT molecular complexity index is 511. The molecule has 5 nitrogen and oxygen atoms in total. The molecule has 1 heterocycles. The average Bonchev–Trinajstić information content (AvgIpc) is 2.27. The number of aliphatic hydroxyl groups is 1.